The summed E-state index contributed by atoms with van der Waals surface area (Å²) in [6.45, 7) is 1.54. The van der Waals surface area contributed by atoms with Crippen LogP contribution in [0.5, 0.6) is 0 Å². The second-order valence-corrected chi connectivity index (χ2v) is 4.54. The Bertz CT molecular complexity index is 771. The van der Waals surface area contributed by atoms with Gasteiger partial charge in [0.25, 0.3) is 0 Å². The van der Waals surface area contributed by atoms with Crippen LogP contribution in [-0.2, 0) is 0 Å². The summed E-state index contributed by atoms with van der Waals surface area (Å²) < 4.78 is 0. The summed E-state index contributed by atoms with van der Waals surface area (Å²) in [4.78, 5) is 11.4. The number of carbonyl (C=O) groups is 1. The highest BCUT2D eigenvalue weighted by atomic mass is 16.1. The molecule has 0 aliphatic carbocycles. The molecule has 0 aromatic heterocycles. The van der Waals surface area contributed by atoms with Crippen LogP contribution in [0, 0.1) is 22.7 Å². The fourth-order valence-electron chi connectivity index (χ4n) is 1.95. The number of Topliss-reactive ketones (excluding diaryl/α,β-unsaturated/α-hetero) is 1. The van der Waals surface area contributed by atoms with Crippen LogP contribution in [0.25, 0.3) is 17.2 Å². The van der Waals surface area contributed by atoms with Gasteiger partial charge in [-0.25, -0.2) is 0 Å². The van der Waals surface area contributed by atoms with E-state index in [-0.39, 0.29) is 11.4 Å². The average molecular weight is 272 g/mol. The van der Waals surface area contributed by atoms with Crippen molar-refractivity contribution in [1.29, 1.82) is 10.5 Å². The molecule has 0 heterocycles. The van der Waals surface area contributed by atoms with Crippen LogP contribution in [0.15, 0.2) is 54.1 Å². The van der Waals surface area contributed by atoms with Gasteiger partial charge in [-0.2, -0.15) is 10.5 Å². The summed E-state index contributed by atoms with van der Waals surface area (Å²) in [7, 11) is 0. The molecule has 0 bridgehead atoms. The molecule has 2 aromatic carbocycles. The number of nitrogens with zero attached hydrogens (tertiary/aromatic N) is 2. The van der Waals surface area contributed by atoms with E-state index in [9.17, 15) is 4.79 Å². The first-order chi connectivity index (χ1) is 10.1. The third kappa shape index (κ3) is 3.43. The van der Waals surface area contributed by atoms with Crippen molar-refractivity contribution in [2.75, 3.05) is 0 Å². The number of rotatable bonds is 3. The lowest BCUT2D eigenvalue weighted by Gasteiger charge is -2.04. The fraction of sp³-hybridized carbons (Fsp3) is 0.0556. The number of allylic oxidation sites excluding steroid dienone is 1. The van der Waals surface area contributed by atoms with Crippen LogP contribution in [0.2, 0.25) is 0 Å². The summed E-state index contributed by atoms with van der Waals surface area (Å²) in [5.41, 5.74) is 3.47. The summed E-state index contributed by atoms with van der Waals surface area (Å²) in [5.74, 6) is 0.0316. The van der Waals surface area contributed by atoms with E-state index in [1.807, 2.05) is 54.6 Å². The fourth-order valence-corrected chi connectivity index (χ4v) is 1.95. The van der Waals surface area contributed by atoms with Crippen LogP contribution < -0.4 is 0 Å². The van der Waals surface area contributed by atoms with Crippen molar-refractivity contribution in [2.45, 2.75) is 6.92 Å². The molecule has 2 rings (SSSR count). The Morgan fingerprint density at radius 2 is 1.67 bits per heavy atom. The summed E-state index contributed by atoms with van der Waals surface area (Å²) in [6, 6.07) is 18.6. The number of ketones is 1. The first kappa shape index (κ1) is 14.2. The van der Waals surface area contributed by atoms with Gasteiger partial charge in [0.2, 0.25) is 0 Å². The van der Waals surface area contributed by atoms with Gasteiger partial charge in [-0.3, -0.25) is 4.79 Å². The maximum Gasteiger partial charge on any atom is 0.159 e. The molecule has 0 saturated heterocycles. The molecule has 100 valence electrons. The maximum atomic E-state index is 11.4. The number of hydrogen-bond donors (Lipinski definition) is 0. The average Bonchev–Trinajstić information content (AvgIpc) is 2.53. The molecular weight excluding hydrogens is 260 g/mol. The van der Waals surface area contributed by atoms with Gasteiger partial charge in [0.1, 0.15) is 17.7 Å². The van der Waals surface area contributed by atoms with E-state index in [4.69, 9.17) is 10.5 Å². The lowest BCUT2D eigenvalue weighted by atomic mass is 10.0. The van der Waals surface area contributed by atoms with Crippen LogP contribution in [0.1, 0.15) is 22.8 Å². The Balaban J connectivity index is 2.34. The zero-order valence-corrected chi connectivity index (χ0v) is 11.5. The molecule has 0 N–H and O–H groups in total. The first-order valence-corrected chi connectivity index (χ1v) is 6.37. The van der Waals surface area contributed by atoms with Crippen LogP contribution in [-0.4, -0.2) is 5.78 Å². The Kier molecular flexibility index (Phi) is 4.29. The van der Waals surface area contributed by atoms with E-state index < -0.39 is 0 Å². The minimum atomic E-state index is 0.0316. The van der Waals surface area contributed by atoms with E-state index in [2.05, 4.69) is 0 Å². The zero-order valence-electron chi connectivity index (χ0n) is 11.5. The van der Waals surface area contributed by atoms with Gasteiger partial charge >= 0.3 is 0 Å². The lowest BCUT2D eigenvalue weighted by molar-refractivity contribution is 0.101. The molecule has 0 radical (unpaired) electrons. The van der Waals surface area contributed by atoms with Gasteiger partial charge < -0.3 is 0 Å². The highest BCUT2D eigenvalue weighted by Crippen LogP contribution is 2.22. The van der Waals surface area contributed by atoms with E-state index >= 15 is 0 Å². The molecule has 3 nitrogen and oxygen atoms in total. The highest BCUT2D eigenvalue weighted by Gasteiger charge is 2.03. The predicted octanol–water partition coefficient (Wildman–Crippen LogP) is 3.99. The van der Waals surface area contributed by atoms with Gasteiger partial charge in [-0.05, 0) is 35.8 Å². The standard InChI is InChI=1S/C18H12N2O/c1-13(21)17-3-2-4-18(10-17)16-7-5-14(6-8-16)9-15(11-19)12-20/h2-10H,1H3. The minimum Gasteiger partial charge on any atom is -0.295 e. The molecule has 21 heavy (non-hydrogen) atoms. The SMILES string of the molecule is CC(=O)c1cccc(-c2ccc(C=C(C#N)C#N)cc2)c1. The molecule has 0 aliphatic heterocycles. The van der Waals surface area contributed by atoms with Gasteiger partial charge in [-0.15, -0.1) is 0 Å². The number of benzene rings is 2. The minimum absolute atomic E-state index is 0.0316. The quantitative estimate of drug-likeness (QED) is 0.627. The second-order valence-electron chi connectivity index (χ2n) is 4.54. The third-order valence-corrected chi connectivity index (χ3v) is 3.07. The Hall–Kier alpha value is -3.17. The number of nitriles is 2. The molecule has 0 aliphatic rings. The van der Waals surface area contributed by atoms with Crippen molar-refractivity contribution in [3.8, 4) is 23.3 Å². The van der Waals surface area contributed by atoms with Crippen molar-refractivity contribution in [3.05, 3.63) is 65.2 Å². The van der Waals surface area contributed by atoms with E-state index in [0.717, 1.165) is 16.7 Å². The molecule has 0 amide bonds. The molecule has 0 saturated carbocycles. The molecule has 3 heteroatoms. The van der Waals surface area contributed by atoms with Crippen molar-refractivity contribution >= 4 is 11.9 Å². The number of hydrogen-bond acceptors (Lipinski definition) is 3. The van der Waals surface area contributed by atoms with Crippen molar-refractivity contribution < 1.29 is 4.79 Å². The third-order valence-electron chi connectivity index (χ3n) is 3.07. The smallest absolute Gasteiger partial charge is 0.159 e. The van der Waals surface area contributed by atoms with Crippen molar-refractivity contribution in [2.24, 2.45) is 0 Å². The molecule has 0 atom stereocenters. The summed E-state index contributed by atoms with van der Waals surface area (Å²) >= 11 is 0. The zero-order chi connectivity index (χ0) is 15.2. The van der Waals surface area contributed by atoms with Crippen molar-refractivity contribution in [1.82, 2.24) is 0 Å². The second kappa shape index (κ2) is 6.32. The monoisotopic (exact) mass is 272 g/mol. The van der Waals surface area contributed by atoms with Gasteiger partial charge in [-0.1, -0.05) is 42.5 Å². The van der Waals surface area contributed by atoms with Gasteiger partial charge in [0.15, 0.2) is 5.78 Å². The summed E-state index contributed by atoms with van der Waals surface area (Å²) in [6.07, 6.45) is 1.54. The van der Waals surface area contributed by atoms with E-state index in [1.165, 1.54) is 13.0 Å². The van der Waals surface area contributed by atoms with Crippen LogP contribution in [0.4, 0.5) is 0 Å². The Morgan fingerprint density at radius 1 is 1.00 bits per heavy atom. The highest BCUT2D eigenvalue weighted by molar-refractivity contribution is 5.95. The largest absolute Gasteiger partial charge is 0.295 e. The number of carbonyl (C=O) groups excluding carboxylic acids is 1. The first-order valence-electron chi connectivity index (χ1n) is 6.37. The summed E-state index contributed by atoms with van der Waals surface area (Å²) in [5, 5.41) is 17.5. The molecule has 2 aromatic rings. The molecular formula is C18H12N2O. The molecule has 0 spiro atoms. The normalized spacial score (nSPS) is 9.29. The van der Waals surface area contributed by atoms with Crippen LogP contribution in [0.3, 0.4) is 0 Å². The molecule has 0 unspecified atom stereocenters. The van der Waals surface area contributed by atoms with E-state index in [0.29, 0.717) is 5.56 Å². The van der Waals surface area contributed by atoms with Gasteiger partial charge in [0.05, 0.1) is 0 Å². The molecule has 0 fully saturated rings. The van der Waals surface area contributed by atoms with Gasteiger partial charge in [0, 0.05) is 5.56 Å². The van der Waals surface area contributed by atoms with E-state index in [1.54, 1.807) is 6.07 Å². The lowest BCUT2D eigenvalue weighted by Crippen LogP contribution is -1.91. The predicted molar refractivity (Wildman–Crippen MR) is 81.1 cm³/mol. The topological polar surface area (TPSA) is 64.7 Å². The van der Waals surface area contributed by atoms with Crippen molar-refractivity contribution in [3.63, 3.8) is 0 Å². The Labute approximate surface area is 123 Å². The van der Waals surface area contributed by atoms with Crippen LogP contribution >= 0.6 is 0 Å². The Morgan fingerprint density at radius 3 is 2.24 bits per heavy atom. The maximum absolute atomic E-state index is 11.4.